The second-order valence-electron chi connectivity index (χ2n) is 5.93. The van der Waals surface area contributed by atoms with E-state index in [0.29, 0.717) is 25.3 Å². The molecule has 0 spiro atoms. The first kappa shape index (κ1) is 20.7. The molecule has 1 N–H and O–H groups in total. The SMILES string of the molecule is C=CCOc1ccc(CN(C)C(=O)c2ccc(S(=O)(=O)NCC)cc2)cc1. The average molecular weight is 388 g/mol. The van der Waals surface area contributed by atoms with Crippen LogP contribution in [0.3, 0.4) is 0 Å². The molecule has 0 fully saturated rings. The molecule has 0 heterocycles. The topological polar surface area (TPSA) is 75.7 Å². The summed E-state index contributed by atoms with van der Waals surface area (Å²) in [6.07, 6.45) is 1.68. The van der Waals surface area contributed by atoms with Crippen molar-refractivity contribution in [3.63, 3.8) is 0 Å². The third kappa shape index (κ3) is 5.67. The van der Waals surface area contributed by atoms with E-state index in [1.807, 2.05) is 24.3 Å². The van der Waals surface area contributed by atoms with Crippen molar-refractivity contribution >= 4 is 15.9 Å². The van der Waals surface area contributed by atoms with Crippen LogP contribution in [0.15, 0.2) is 66.1 Å². The Morgan fingerprint density at radius 3 is 2.33 bits per heavy atom. The number of nitrogens with one attached hydrogen (secondary N) is 1. The summed E-state index contributed by atoms with van der Waals surface area (Å²) >= 11 is 0. The van der Waals surface area contributed by atoms with Crippen LogP contribution in [-0.2, 0) is 16.6 Å². The van der Waals surface area contributed by atoms with Gasteiger partial charge in [0.15, 0.2) is 0 Å². The van der Waals surface area contributed by atoms with Crippen LogP contribution in [0.25, 0.3) is 0 Å². The van der Waals surface area contributed by atoms with Crippen LogP contribution in [0.2, 0.25) is 0 Å². The smallest absolute Gasteiger partial charge is 0.253 e. The first-order valence-corrected chi connectivity index (χ1v) is 10.0. The zero-order chi connectivity index (χ0) is 19.9. The number of sulfonamides is 1. The molecule has 0 aliphatic heterocycles. The highest BCUT2D eigenvalue weighted by molar-refractivity contribution is 7.89. The van der Waals surface area contributed by atoms with Gasteiger partial charge in [-0.3, -0.25) is 4.79 Å². The Hall–Kier alpha value is -2.64. The molecule has 0 unspecified atom stereocenters. The summed E-state index contributed by atoms with van der Waals surface area (Å²) in [4.78, 5) is 14.3. The van der Waals surface area contributed by atoms with Crippen LogP contribution in [0.1, 0.15) is 22.8 Å². The summed E-state index contributed by atoms with van der Waals surface area (Å²) in [7, 11) is -1.82. The van der Waals surface area contributed by atoms with Crippen LogP contribution in [0, 0.1) is 0 Å². The molecule has 0 atom stereocenters. The molecule has 0 bridgehead atoms. The lowest BCUT2D eigenvalue weighted by molar-refractivity contribution is 0.0785. The zero-order valence-corrected chi connectivity index (χ0v) is 16.3. The third-order valence-electron chi connectivity index (χ3n) is 3.80. The highest BCUT2D eigenvalue weighted by Gasteiger charge is 2.16. The van der Waals surface area contributed by atoms with Crippen molar-refractivity contribution in [2.45, 2.75) is 18.4 Å². The molecule has 0 aliphatic rings. The van der Waals surface area contributed by atoms with Gasteiger partial charge in [-0.1, -0.05) is 31.7 Å². The number of carbonyl (C=O) groups excluding carboxylic acids is 1. The number of hydrogen-bond donors (Lipinski definition) is 1. The van der Waals surface area contributed by atoms with Crippen LogP contribution < -0.4 is 9.46 Å². The van der Waals surface area contributed by atoms with Gasteiger partial charge in [-0.05, 0) is 42.0 Å². The van der Waals surface area contributed by atoms with Crippen molar-refractivity contribution in [1.82, 2.24) is 9.62 Å². The Morgan fingerprint density at radius 1 is 1.15 bits per heavy atom. The van der Waals surface area contributed by atoms with E-state index in [1.165, 1.54) is 24.3 Å². The number of amides is 1. The summed E-state index contributed by atoms with van der Waals surface area (Å²) in [6, 6.07) is 13.4. The van der Waals surface area contributed by atoms with Gasteiger partial charge in [0.1, 0.15) is 12.4 Å². The summed E-state index contributed by atoms with van der Waals surface area (Å²) in [5, 5.41) is 0. The fraction of sp³-hybridized carbons (Fsp3) is 0.250. The van der Waals surface area contributed by atoms with Gasteiger partial charge in [0.25, 0.3) is 5.91 Å². The van der Waals surface area contributed by atoms with Crippen molar-refractivity contribution in [1.29, 1.82) is 0 Å². The largest absolute Gasteiger partial charge is 0.490 e. The van der Waals surface area contributed by atoms with E-state index < -0.39 is 10.0 Å². The quantitative estimate of drug-likeness (QED) is 0.670. The molecule has 0 saturated carbocycles. The molecule has 0 aliphatic carbocycles. The van der Waals surface area contributed by atoms with Crippen molar-refractivity contribution in [3.8, 4) is 5.75 Å². The van der Waals surface area contributed by atoms with E-state index in [4.69, 9.17) is 4.74 Å². The summed E-state index contributed by atoms with van der Waals surface area (Å²) in [6.45, 7) is 6.49. The zero-order valence-electron chi connectivity index (χ0n) is 15.5. The third-order valence-corrected chi connectivity index (χ3v) is 5.37. The van der Waals surface area contributed by atoms with Gasteiger partial charge in [-0.15, -0.1) is 0 Å². The van der Waals surface area contributed by atoms with Crippen LogP contribution in [0.4, 0.5) is 0 Å². The lowest BCUT2D eigenvalue weighted by atomic mass is 10.1. The summed E-state index contributed by atoms with van der Waals surface area (Å²) < 4.78 is 31.8. The Labute approximate surface area is 160 Å². The minimum absolute atomic E-state index is 0.138. The van der Waals surface area contributed by atoms with Gasteiger partial charge in [0.05, 0.1) is 4.90 Å². The molecule has 2 aromatic carbocycles. The van der Waals surface area contributed by atoms with E-state index in [1.54, 1.807) is 24.9 Å². The minimum atomic E-state index is -3.53. The van der Waals surface area contributed by atoms with Crippen molar-refractivity contribution in [2.75, 3.05) is 20.2 Å². The molecule has 0 aromatic heterocycles. The first-order valence-electron chi connectivity index (χ1n) is 8.55. The van der Waals surface area contributed by atoms with Gasteiger partial charge in [0.2, 0.25) is 10.0 Å². The van der Waals surface area contributed by atoms with Gasteiger partial charge in [-0.2, -0.15) is 0 Å². The maximum absolute atomic E-state index is 12.6. The van der Waals surface area contributed by atoms with Crippen LogP contribution in [0.5, 0.6) is 5.75 Å². The van der Waals surface area contributed by atoms with E-state index in [-0.39, 0.29) is 10.8 Å². The van der Waals surface area contributed by atoms with Crippen molar-refractivity contribution < 1.29 is 17.9 Å². The minimum Gasteiger partial charge on any atom is -0.490 e. The highest BCUT2D eigenvalue weighted by Crippen LogP contribution is 2.16. The predicted molar refractivity (Wildman–Crippen MR) is 105 cm³/mol. The Morgan fingerprint density at radius 2 is 1.78 bits per heavy atom. The van der Waals surface area contributed by atoms with Crippen LogP contribution in [-0.4, -0.2) is 39.4 Å². The van der Waals surface area contributed by atoms with Gasteiger partial charge in [0, 0.05) is 25.7 Å². The highest BCUT2D eigenvalue weighted by atomic mass is 32.2. The molecule has 0 radical (unpaired) electrons. The second kappa shape index (κ2) is 9.34. The lowest BCUT2D eigenvalue weighted by Crippen LogP contribution is -2.26. The normalized spacial score (nSPS) is 11.0. The Bertz CT molecular complexity index is 875. The molecule has 2 aromatic rings. The van der Waals surface area contributed by atoms with Crippen molar-refractivity contribution in [3.05, 3.63) is 72.3 Å². The number of carbonyl (C=O) groups is 1. The molecule has 0 saturated heterocycles. The molecule has 144 valence electrons. The fourth-order valence-corrected chi connectivity index (χ4v) is 3.50. The van der Waals surface area contributed by atoms with Gasteiger partial charge < -0.3 is 9.64 Å². The van der Waals surface area contributed by atoms with Gasteiger partial charge >= 0.3 is 0 Å². The standard InChI is InChI=1S/C20H24N2O4S/c1-4-14-26-18-10-6-16(7-11-18)15-22(3)20(23)17-8-12-19(13-9-17)27(24,25)21-5-2/h4,6-13,21H,1,5,14-15H2,2-3H3. The molecule has 27 heavy (non-hydrogen) atoms. The van der Waals surface area contributed by atoms with Crippen LogP contribution >= 0.6 is 0 Å². The van der Waals surface area contributed by atoms with Gasteiger partial charge in [-0.25, -0.2) is 13.1 Å². The maximum atomic E-state index is 12.6. The molecular weight excluding hydrogens is 364 g/mol. The van der Waals surface area contributed by atoms with E-state index in [0.717, 1.165) is 11.3 Å². The molecule has 6 nitrogen and oxygen atoms in total. The average Bonchev–Trinajstić information content (AvgIpc) is 2.67. The monoisotopic (exact) mass is 388 g/mol. The summed E-state index contributed by atoms with van der Waals surface area (Å²) in [5.41, 5.74) is 1.39. The lowest BCUT2D eigenvalue weighted by Gasteiger charge is -2.18. The fourth-order valence-electron chi connectivity index (χ4n) is 2.46. The molecule has 2 rings (SSSR count). The van der Waals surface area contributed by atoms with E-state index in [9.17, 15) is 13.2 Å². The van der Waals surface area contributed by atoms with Crippen molar-refractivity contribution in [2.24, 2.45) is 0 Å². The predicted octanol–water partition coefficient (Wildman–Crippen LogP) is 2.82. The number of rotatable bonds is 9. The maximum Gasteiger partial charge on any atom is 0.253 e. The summed E-state index contributed by atoms with van der Waals surface area (Å²) in [5.74, 6) is 0.555. The Kier molecular flexibility index (Phi) is 7.15. The molecule has 7 heteroatoms. The first-order chi connectivity index (χ1) is 12.9. The van der Waals surface area contributed by atoms with E-state index >= 15 is 0 Å². The Balaban J connectivity index is 2.03. The number of ether oxygens (including phenoxy) is 1. The number of benzene rings is 2. The van der Waals surface area contributed by atoms with E-state index in [2.05, 4.69) is 11.3 Å². The number of nitrogens with zero attached hydrogens (tertiary/aromatic N) is 1. The second-order valence-corrected chi connectivity index (χ2v) is 7.70. The number of hydrogen-bond acceptors (Lipinski definition) is 4. The molecular formula is C20H24N2O4S. The molecule has 1 amide bonds.